The minimum absolute atomic E-state index is 0.000927. The topological polar surface area (TPSA) is 98.7 Å². The smallest absolute Gasteiger partial charge is 0.339 e. The SMILES string of the molecule is CCCCCCCCNC(=O)Nc1sc(C(=O)N(CCCC)CCCC)c(C)c1C(=O)O. The monoisotopic (exact) mass is 467 g/mol. The normalized spacial score (nSPS) is 10.8. The molecule has 0 bridgehead atoms. The van der Waals surface area contributed by atoms with E-state index in [0.717, 1.165) is 56.3 Å². The van der Waals surface area contributed by atoms with Gasteiger partial charge in [0.05, 0.1) is 10.4 Å². The summed E-state index contributed by atoms with van der Waals surface area (Å²) in [6.07, 6.45) is 10.5. The Labute approximate surface area is 197 Å². The van der Waals surface area contributed by atoms with Gasteiger partial charge in [0, 0.05) is 19.6 Å². The van der Waals surface area contributed by atoms with Crippen molar-refractivity contribution in [1.82, 2.24) is 10.2 Å². The van der Waals surface area contributed by atoms with Gasteiger partial charge in [0.2, 0.25) is 0 Å². The number of hydrogen-bond acceptors (Lipinski definition) is 4. The van der Waals surface area contributed by atoms with Crippen molar-refractivity contribution in [3.8, 4) is 0 Å². The number of urea groups is 1. The Kier molecular flexibility index (Phi) is 13.7. The molecule has 1 aromatic heterocycles. The highest BCUT2D eigenvalue weighted by atomic mass is 32.1. The molecule has 0 saturated carbocycles. The van der Waals surface area contributed by atoms with Crippen LogP contribution < -0.4 is 10.6 Å². The number of nitrogens with one attached hydrogen (secondary N) is 2. The van der Waals surface area contributed by atoms with E-state index in [1.165, 1.54) is 19.3 Å². The van der Waals surface area contributed by atoms with E-state index >= 15 is 0 Å². The molecule has 182 valence electrons. The molecular formula is C24H41N3O4S. The van der Waals surface area contributed by atoms with Crippen LogP contribution in [0.1, 0.15) is 111 Å². The Morgan fingerprint density at radius 1 is 0.875 bits per heavy atom. The van der Waals surface area contributed by atoms with Gasteiger partial charge in [0.1, 0.15) is 5.00 Å². The summed E-state index contributed by atoms with van der Waals surface area (Å²) in [6.45, 7) is 9.81. The number of aromatic carboxylic acids is 1. The van der Waals surface area contributed by atoms with Gasteiger partial charge in [-0.1, -0.05) is 65.7 Å². The summed E-state index contributed by atoms with van der Waals surface area (Å²) >= 11 is 1.05. The van der Waals surface area contributed by atoms with E-state index in [0.29, 0.717) is 30.1 Å². The fourth-order valence-corrected chi connectivity index (χ4v) is 4.64. The second kappa shape index (κ2) is 15.7. The van der Waals surface area contributed by atoms with Gasteiger partial charge in [-0.15, -0.1) is 11.3 Å². The fourth-order valence-electron chi connectivity index (χ4n) is 3.47. The van der Waals surface area contributed by atoms with Crippen molar-refractivity contribution in [2.75, 3.05) is 25.0 Å². The molecule has 1 rings (SSSR count). The van der Waals surface area contributed by atoms with Gasteiger partial charge in [0.25, 0.3) is 5.91 Å². The lowest BCUT2D eigenvalue weighted by molar-refractivity contribution is 0.0697. The van der Waals surface area contributed by atoms with Gasteiger partial charge in [-0.3, -0.25) is 10.1 Å². The summed E-state index contributed by atoms with van der Waals surface area (Å²) in [6, 6.07) is -0.435. The van der Waals surface area contributed by atoms with Crippen LogP contribution in [-0.2, 0) is 0 Å². The van der Waals surface area contributed by atoms with Crippen LogP contribution in [0.4, 0.5) is 9.80 Å². The highest BCUT2D eigenvalue weighted by Crippen LogP contribution is 2.34. The Morgan fingerprint density at radius 2 is 1.44 bits per heavy atom. The van der Waals surface area contributed by atoms with Crippen LogP contribution in [-0.4, -0.2) is 47.5 Å². The minimum atomic E-state index is -1.14. The van der Waals surface area contributed by atoms with Crippen LogP contribution in [0, 0.1) is 6.92 Å². The first kappa shape index (κ1) is 27.9. The lowest BCUT2D eigenvalue weighted by atomic mass is 10.1. The van der Waals surface area contributed by atoms with Crippen LogP contribution in [0.15, 0.2) is 0 Å². The van der Waals surface area contributed by atoms with Crippen molar-refractivity contribution in [2.24, 2.45) is 0 Å². The third-order valence-corrected chi connectivity index (χ3v) is 6.64. The van der Waals surface area contributed by atoms with E-state index in [1.54, 1.807) is 11.8 Å². The third-order valence-electron chi connectivity index (χ3n) is 5.45. The molecule has 0 atom stereocenters. The number of carboxylic acids is 1. The molecule has 0 aromatic carbocycles. The van der Waals surface area contributed by atoms with Crippen LogP contribution in [0.3, 0.4) is 0 Å². The number of amides is 3. The number of carbonyl (C=O) groups excluding carboxylic acids is 2. The van der Waals surface area contributed by atoms with Gasteiger partial charge in [-0.2, -0.15) is 0 Å². The molecule has 1 aromatic rings. The molecule has 3 N–H and O–H groups in total. The van der Waals surface area contributed by atoms with Gasteiger partial charge in [-0.05, 0) is 31.7 Å². The molecule has 0 radical (unpaired) electrons. The summed E-state index contributed by atoms with van der Waals surface area (Å²) in [5.41, 5.74) is 0.413. The maximum absolute atomic E-state index is 13.2. The zero-order chi connectivity index (χ0) is 23.9. The maximum atomic E-state index is 13.2. The molecule has 0 spiro atoms. The molecule has 1 heterocycles. The van der Waals surface area contributed by atoms with Crippen molar-refractivity contribution in [2.45, 2.75) is 91.9 Å². The lowest BCUT2D eigenvalue weighted by Gasteiger charge is -2.22. The molecule has 3 amide bonds. The van der Waals surface area contributed by atoms with Gasteiger partial charge >= 0.3 is 12.0 Å². The minimum Gasteiger partial charge on any atom is -0.478 e. The first-order chi connectivity index (χ1) is 15.4. The molecular weight excluding hydrogens is 426 g/mol. The quantitative estimate of drug-likeness (QED) is 0.249. The van der Waals surface area contributed by atoms with Gasteiger partial charge in [0.15, 0.2) is 0 Å². The zero-order valence-corrected chi connectivity index (χ0v) is 21.0. The predicted octanol–water partition coefficient (Wildman–Crippen LogP) is 6.28. The summed E-state index contributed by atoms with van der Waals surface area (Å²) in [5.74, 6) is -1.30. The van der Waals surface area contributed by atoms with E-state index in [9.17, 15) is 19.5 Å². The number of anilines is 1. The van der Waals surface area contributed by atoms with E-state index in [-0.39, 0.29) is 16.5 Å². The van der Waals surface area contributed by atoms with Crippen molar-refractivity contribution in [3.05, 3.63) is 16.0 Å². The highest BCUT2D eigenvalue weighted by molar-refractivity contribution is 7.18. The van der Waals surface area contributed by atoms with Crippen LogP contribution in [0.2, 0.25) is 0 Å². The molecule has 0 fully saturated rings. The van der Waals surface area contributed by atoms with Crippen LogP contribution >= 0.6 is 11.3 Å². The summed E-state index contributed by atoms with van der Waals surface area (Å²) < 4.78 is 0. The molecule has 8 heteroatoms. The van der Waals surface area contributed by atoms with Crippen molar-refractivity contribution < 1.29 is 19.5 Å². The Bertz CT molecular complexity index is 725. The largest absolute Gasteiger partial charge is 0.478 e. The summed E-state index contributed by atoms with van der Waals surface area (Å²) in [4.78, 5) is 39.6. The average Bonchev–Trinajstić information content (AvgIpc) is 3.08. The Hall–Kier alpha value is -2.09. The van der Waals surface area contributed by atoms with E-state index in [2.05, 4.69) is 31.4 Å². The van der Waals surface area contributed by atoms with Crippen molar-refractivity contribution in [1.29, 1.82) is 0 Å². The zero-order valence-electron chi connectivity index (χ0n) is 20.2. The maximum Gasteiger partial charge on any atom is 0.339 e. The van der Waals surface area contributed by atoms with Gasteiger partial charge < -0.3 is 15.3 Å². The van der Waals surface area contributed by atoms with E-state index < -0.39 is 12.0 Å². The van der Waals surface area contributed by atoms with Crippen molar-refractivity contribution >= 4 is 34.2 Å². The molecule has 32 heavy (non-hydrogen) atoms. The number of thiophene rings is 1. The first-order valence-corrected chi connectivity index (χ1v) is 12.9. The number of carbonyl (C=O) groups is 3. The Balaban J connectivity index is 2.84. The molecule has 7 nitrogen and oxygen atoms in total. The number of unbranched alkanes of at least 4 members (excludes halogenated alkanes) is 7. The highest BCUT2D eigenvalue weighted by Gasteiger charge is 2.27. The molecule has 0 unspecified atom stereocenters. The molecule has 0 aliphatic rings. The van der Waals surface area contributed by atoms with Crippen LogP contribution in [0.25, 0.3) is 0 Å². The van der Waals surface area contributed by atoms with E-state index in [4.69, 9.17) is 0 Å². The van der Waals surface area contributed by atoms with E-state index in [1.807, 2.05) is 0 Å². The number of carboxylic acid groups (broad SMARTS) is 1. The lowest BCUT2D eigenvalue weighted by Crippen LogP contribution is -2.32. The first-order valence-electron chi connectivity index (χ1n) is 12.1. The van der Waals surface area contributed by atoms with Gasteiger partial charge in [-0.25, -0.2) is 9.59 Å². The summed E-state index contributed by atoms with van der Waals surface area (Å²) in [7, 11) is 0. The van der Waals surface area contributed by atoms with Crippen LogP contribution in [0.5, 0.6) is 0 Å². The Morgan fingerprint density at radius 3 is 2.00 bits per heavy atom. The number of nitrogens with zero attached hydrogens (tertiary/aromatic N) is 1. The predicted molar refractivity (Wildman–Crippen MR) is 132 cm³/mol. The molecule has 0 saturated heterocycles. The summed E-state index contributed by atoms with van der Waals surface area (Å²) in [5, 5.41) is 15.4. The molecule has 0 aliphatic carbocycles. The average molecular weight is 468 g/mol. The van der Waals surface area contributed by atoms with Crippen molar-refractivity contribution in [3.63, 3.8) is 0 Å². The second-order valence-corrected chi connectivity index (χ2v) is 9.23. The third kappa shape index (κ3) is 9.18. The fraction of sp³-hybridized carbons (Fsp3) is 0.708. The number of hydrogen-bond donors (Lipinski definition) is 3. The number of rotatable bonds is 16. The second-order valence-electron chi connectivity index (χ2n) is 8.21. The molecule has 0 aliphatic heterocycles. The standard InChI is InChI=1S/C24H41N3O4S/c1-5-8-11-12-13-14-15-25-24(31)26-21-19(23(29)30)18(4)20(32-21)22(28)27(16-9-6-2)17-10-7-3/h5-17H2,1-4H3,(H,29,30)(H2,25,26,31).